The fourth-order valence-electron chi connectivity index (χ4n) is 2.93. The maximum atomic E-state index is 12.0. The molecule has 2 heterocycles. The Balaban J connectivity index is 1.71. The Morgan fingerprint density at radius 2 is 2.06 bits per heavy atom. The van der Waals surface area contributed by atoms with Crippen LogP contribution in [0.25, 0.3) is 0 Å². The van der Waals surface area contributed by atoms with E-state index in [4.69, 9.17) is 0 Å². The molecule has 4 heteroatoms. The fraction of sp³-hybridized carbons (Fsp3) is 0.929. The molecule has 0 aromatic rings. The van der Waals surface area contributed by atoms with Crippen molar-refractivity contribution in [3.63, 3.8) is 0 Å². The van der Waals surface area contributed by atoms with E-state index in [1.54, 1.807) is 0 Å². The van der Waals surface area contributed by atoms with E-state index in [-0.39, 0.29) is 0 Å². The molecule has 0 spiro atoms. The highest BCUT2D eigenvalue weighted by Crippen LogP contribution is 2.15. The van der Waals surface area contributed by atoms with Crippen molar-refractivity contribution in [1.29, 1.82) is 0 Å². The lowest BCUT2D eigenvalue weighted by molar-refractivity contribution is -0.136. The molecule has 0 saturated carbocycles. The van der Waals surface area contributed by atoms with Crippen LogP contribution in [-0.2, 0) is 4.79 Å². The van der Waals surface area contributed by atoms with Crippen molar-refractivity contribution in [3.05, 3.63) is 0 Å². The van der Waals surface area contributed by atoms with Crippen LogP contribution in [0.2, 0.25) is 0 Å². The minimum Gasteiger partial charge on any atom is -0.340 e. The van der Waals surface area contributed by atoms with Crippen molar-refractivity contribution in [2.75, 3.05) is 45.8 Å². The Labute approximate surface area is 111 Å². The van der Waals surface area contributed by atoms with Gasteiger partial charge in [0.2, 0.25) is 5.91 Å². The van der Waals surface area contributed by atoms with E-state index in [2.05, 4.69) is 17.1 Å². The Morgan fingerprint density at radius 1 is 1.28 bits per heavy atom. The minimum absolute atomic E-state index is 0.337. The fourth-order valence-corrected chi connectivity index (χ4v) is 2.93. The summed E-state index contributed by atoms with van der Waals surface area (Å²) in [6, 6.07) is 0. The molecule has 0 aromatic heterocycles. The van der Waals surface area contributed by atoms with Crippen molar-refractivity contribution >= 4 is 5.91 Å². The molecule has 0 aliphatic carbocycles. The van der Waals surface area contributed by atoms with E-state index >= 15 is 0 Å². The summed E-state index contributed by atoms with van der Waals surface area (Å²) in [4.78, 5) is 16.4. The number of hydrogen-bond donors (Lipinski definition) is 1. The summed E-state index contributed by atoms with van der Waals surface area (Å²) in [5, 5.41) is 3.40. The number of unbranched alkanes of at least 4 members (excludes halogenated alkanes) is 1. The van der Waals surface area contributed by atoms with Crippen LogP contribution in [0, 0.1) is 5.92 Å². The van der Waals surface area contributed by atoms with Crippen LogP contribution in [-0.4, -0.2) is 61.5 Å². The lowest BCUT2D eigenvalue weighted by Gasteiger charge is -2.36. The summed E-state index contributed by atoms with van der Waals surface area (Å²) in [5.41, 5.74) is 0. The van der Waals surface area contributed by atoms with Gasteiger partial charge >= 0.3 is 0 Å². The molecular weight excluding hydrogens is 226 g/mol. The van der Waals surface area contributed by atoms with Crippen LogP contribution < -0.4 is 5.32 Å². The molecule has 2 saturated heterocycles. The molecule has 2 aliphatic rings. The van der Waals surface area contributed by atoms with Crippen LogP contribution in [0.5, 0.6) is 0 Å². The van der Waals surface area contributed by atoms with Gasteiger partial charge in [0.1, 0.15) is 0 Å². The van der Waals surface area contributed by atoms with Gasteiger partial charge < -0.3 is 10.2 Å². The normalized spacial score (nSPS) is 23.6. The molecule has 0 unspecified atom stereocenters. The average molecular weight is 253 g/mol. The van der Waals surface area contributed by atoms with Crippen molar-refractivity contribution in [2.45, 2.75) is 32.6 Å². The van der Waals surface area contributed by atoms with Crippen LogP contribution in [0.4, 0.5) is 0 Å². The van der Waals surface area contributed by atoms with Gasteiger partial charge in [0, 0.05) is 26.2 Å². The first-order chi connectivity index (χ1) is 8.79. The molecule has 1 amide bonds. The lowest BCUT2D eigenvalue weighted by Crippen LogP contribution is -2.52. The van der Waals surface area contributed by atoms with Gasteiger partial charge in [0.05, 0.1) is 6.54 Å². The molecule has 1 N–H and O–H groups in total. The van der Waals surface area contributed by atoms with Crippen molar-refractivity contribution in [3.8, 4) is 0 Å². The summed E-state index contributed by atoms with van der Waals surface area (Å²) in [5.74, 6) is 1.13. The Hall–Kier alpha value is -0.610. The smallest absolute Gasteiger partial charge is 0.236 e. The predicted molar refractivity (Wildman–Crippen MR) is 73.5 cm³/mol. The second-order valence-electron chi connectivity index (χ2n) is 5.66. The topological polar surface area (TPSA) is 35.6 Å². The number of rotatable bonds is 5. The van der Waals surface area contributed by atoms with Gasteiger partial charge in [0.15, 0.2) is 0 Å². The van der Waals surface area contributed by atoms with E-state index in [1.165, 1.54) is 19.3 Å². The van der Waals surface area contributed by atoms with E-state index in [0.717, 1.165) is 51.6 Å². The molecule has 0 aromatic carbocycles. The predicted octanol–water partition coefficient (Wildman–Crippen LogP) is 0.930. The minimum atomic E-state index is 0.337. The highest BCUT2D eigenvalue weighted by atomic mass is 16.2. The quantitative estimate of drug-likeness (QED) is 0.792. The largest absolute Gasteiger partial charge is 0.340 e. The van der Waals surface area contributed by atoms with Gasteiger partial charge in [-0.1, -0.05) is 13.3 Å². The zero-order chi connectivity index (χ0) is 12.8. The van der Waals surface area contributed by atoms with Crippen LogP contribution in [0.3, 0.4) is 0 Å². The molecule has 0 atom stereocenters. The number of carbonyl (C=O) groups excluding carboxylic acids is 1. The summed E-state index contributed by atoms with van der Waals surface area (Å²) >= 11 is 0. The first-order valence-corrected chi connectivity index (χ1v) is 7.50. The number of piperidine rings is 1. The third-order valence-corrected chi connectivity index (χ3v) is 4.15. The van der Waals surface area contributed by atoms with Crippen LogP contribution >= 0.6 is 0 Å². The molecule has 2 rings (SSSR count). The van der Waals surface area contributed by atoms with Crippen molar-refractivity contribution in [2.24, 2.45) is 5.92 Å². The van der Waals surface area contributed by atoms with Gasteiger partial charge in [0.25, 0.3) is 0 Å². The molecule has 2 fully saturated rings. The van der Waals surface area contributed by atoms with Crippen molar-refractivity contribution in [1.82, 2.24) is 15.1 Å². The van der Waals surface area contributed by atoms with Crippen LogP contribution in [0.15, 0.2) is 0 Å². The summed E-state index contributed by atoms with van der Waals surface area (Å²) in [6.45, 7) is 9.20. The highest BCUT2D eigenvalue weighted by Gasteiger charge is 2.25. The van der Waals surface area contributed by atoms with E-state index in [1.807, 2.05) is 4.90 Å². The maximum Gasteiger partial charge on any atom is 0.236 e. The van der Waals surface area contributed by atoms with E-state index in [0.29, 0.717) is 12.5 Å². The summed E-state index contributed by atoms with van der Waals surface area (Å²) in [6.07, 6.45) is 4.84. The lowest BCUT2D eigenvalue weighted by atomic mass is 9.97. The standard InChI is InChI=1S/C14H27N3O/c1-2-3-8-17-10-9-16(12-14(17)18)11-13-4-6-15-7-5-13/h13,15H,2-12H2,1H3. The molecule has 0 radical (unpaired) electrons. The van der Waals surface area contributed by atoms with E-state index in [9.17, 15) is 4.79 Å². The van der Waals surface area contributed by atoms with Crippen molar-refractivity contribution < 1.29 is 4.79 Å². The summed E-state index contributed by atoms with van der Waals surface area (Å²) in [7, 11) is 0. The second-order valence-corrected chi connectivity index (χ2v) is 5.66. The molecule has 104 valence electrons. The Kier molecular flexibility index (Phi) is 5.45. The third-order valence-electron chi connectivity index (χ3n) is 4.15. The number of carbonyl (C=O) groups is 1. The number of hydrogen-bond acceptors (Lipinski definition) is 3. The average Bonchev–Trinajstić information content (AvgIpc) is 2.39. The molecule has 0 bridgehead atoms. The molecular formula is C14H27N3O. The third kappa shape index (κ3) is 3.95. The number of piperazine rings is 1. The molecule has 2 aliphatic heterocycles. The molecule has 18 heavy (non-hydrogen) atoms. The maximum absolute atomic E-state index is 12.0. The number of nitrogens with zero attached hydrogens (tertiary/aromatic N) is 2. The van der Waals surface area contributed by atoms with Crippen LogP contribution in [0.1, 0.15) is 32.6 Å². The van der Waals surface area contributed by atoms with Gasteiger partial charge in [-0.05, 0) is 38.3 Å². The van der Waals surface area contributed by atoms with Gasteiger partial charge in [-0.15, -0.1) is 0 Å². The second kappa shape index (κ2) is 7.10. The Morgan fingerprint density at radius 3 is 2.72 bits per heavy atom. The van der Waals surface area contributed by atoms with Gasteiger partial charge in [-0.25, -0.2) is 0 Å². The summed E-state index contributed by atoms with van der Waals surface area (Å²) < 4.78 is 0. The highest BCUT2D eigenvalue weighted by molar-refractivity contribution is 5.79. The van der Waals surface area contributed by atoms with Gasteiger partial charge in [-0.2, -0.15) is 0 Å². The Bertz CT molecular complexity index is 264. The zero-order valence-corrected chi connectivity index (χ0v) is 11.7. The number of amides is 1. The number of nitrogens with one attached hydrogen (secondary N) is 1. The SMILES string of the molecule is CCCCN1CCN(CC2CCNCC2)CC1=O. The molecule has 4 nitrogen and oxygen atoms in total. The van der Waals surface area contributed by atoms with Gasteiger partial charge in [-0.3, -0.25) is 9.69 Å². The monoisotopic (exact) mass is 253 g/mol. The first-order valence-electron chi connectivity index (χ1n) is 7.50. The first kappa shape index (κ1) is 13.8. The van der Waals surface area contributed by atoms with E-state index < -0.39 is 0 Å². The zero-order valence-electron chi connectivity index (χ0n) is 11.7.